The van der Waals surface area contributed by atoms with Gasteiger partial charge in [0.2, 0.25) is 0 Å². The highest BCUT2D eigenvalue weighted by atomic mass is 16.5. The van der Waals surface area contributed by atoms with E-state index in [9.17, 15) is 14.7 Å². The van der Waals surface area contributed by atoms with Crippen molar-refractivity contribution in [2.24, 2.45) is 0 Å². The van der Waals surface area contributed by atoms with Crippen molar-refractivity contribution in [1.29, 1.82) is 0 Å². The number of carbonyl (C=O) groups is 1. The second-order valence-electron chi connectivity index (χ2n) is 7.51. The van der Waals surface area contributed by atoms with Gasteiger partial charge in [0.25, 0.3) is 5.56 Å². The van der Waals surface area contributed by atoms with Crippen molar-refractivity contribution in [2.75, 3.05) is 6.61 Å². The second kappa shape index (κ2) is 9.58. The van der Waals surface area contributed by atoms with Crippen molar-refractivity contribution in [2.45, 2.75) is 26.0 Å². The number of ketones is 1. The molecule has 6 heteroatoms. The van der Waals surface area contributed by atoms with Gasteiger partial charge in [-0.25, -0.2) is 4.68 Å². The molecule has 4 rings (SSSR count). The van der Waals surface area contributed by atoms with Gasteiger partial charge in [-0.2, -0.15) is 5.10 Å². The molecule has 0 bridgehead atoms. The molecule has 1 aromatic heterocycles. The lowest BCUT2D eigenvalue weighted by atomic mass is 10.1. The van der Waals surface area contributed by atoms with Crippen LogP contribution in [0.1, 0.15) is 23.7 Å². The summed E-state index contributed by atoms with van der Waals surface area (Å²) in [6.45, 7) is 1.80. The molecule has 0 aliphatic heterocycles. The number of hydrogen-bond acceptors (Lipinski definition) is 5. The van der Waals surface area contributed by atoms with Gasteiger partial charge in [-0.05, 0) is 30.3 Å². The molecule has 0 aliphatic rings. The molecule has 162 valence electrons. The summed E-state index contributed by atoms with van der Waals surface area (Å²) in [4.78, 5) is 24.7. The van der Waals surface area contributed by atoms with E-state index in [0.29, 0.717) is 28.8 Å². The number of nitrogens with zero attached hydrogens (tertiary/aromatic N) is 2. The second-order valence-corrected chi connectivity index (χ2v) is 7.51. The highest BCUT2D eigenvalue weighted by Gasteiger charge is 2.15. The van der Waals surface area contributed by atoms with Crippen LogP contribution in [0.15, 0.2) is 83.7 Å². The number of fused-ring (bicyclic) bond motifs is 1. The lowest BCUT2D eigenvalue weighted by molar-refractivity contribution is 0.0881. The Kier molecular flexibility index (Phi) is 6.42. The van der Waals surface area contributed by atoms with Crippen LogP contribution in [0.2, 0.25) is 0 Å². The fourth-order valence-corrected chi connectivity index (χ4v) is 3.55. The Labute approximate surface area is 185 Å². The minimum atomic E-state index is -0.943. The van der Waals surface area contributed by atoms with Crippen molar-refractivity contribution in [3.63, 3.8) is 0 Å². The van der Waals surface area contributed by atoms with E-state index in [1.807, 2.05) is 55.5 Å². The molecular formula is C26H24N2O4. The van der Waals surface area contributed by atoms with E-state index in [1.165, 1.54) is 4.68 Å². The number of aliphatic hydroxyl groups excluding tert-OH is 1. The molecular weight excluding hydrogens is 404 g/mol. The van der Waals surface area contributed by atoms with E-state index in [-0.39, 0.29) is 24.5 Å². The molecule has 32 heavy (non-hydrogen) atoms. The molecule has 0 spiro atoms. The predicted octanol–water partition coefficient (Wildman–Crippen LogP) is 4.10. The molecule has 1 heterocycles. The zero-order valence-corrected chi connectivity index (χ0v) is 17.8. The number of benzene rings is 3. The minimum absolute atomic E-state index is 0.00406. The minimum Gasteiger partial charge on any atom is -0.491 e. The van der Waals surface area contributed by atoms with Gasteiger partial charge in [-0.1, -0.05) is 55.5 Å². The quantitative estimate of drug-likeness (QED) is 0.428. The fraction of sp³-hybridized carbons (Fsp3) is 0.192. The zero-order chi connectivity index (χ0) is 22.5. The summed E-state index contributed by atoms with van der Waals surface area (Å²) in [5.74, 6) is 0.605. The highest BCUT2D eigenvalue weighted by Crippen LogP contribution is 2.24. The Balaban J connectivity index is 1.54. The average molecular weight is 428 g/mol. The van der Waals surface area contributed by atoms with Gasteiger partial charge in [0.15, 0.2) is 5.78 Å². The van der Waals surface area contributed by atoms with Crippen molar-refractivity contribution in [3.8, 4) is 17.0 Å². The molecule has 0 amide bonds. The van der Waals surface area contributed by atoms with E-state index in [2.05, 4.69) is 5.10 Å². The van der Waals surface area contributed by atoms with Crippen LogP contribution in [0.25, 0.3) is 22.0 Å². The maximum Gasteiger partial charge on any atom is 0.274 e. The van der Waals surface area contributed by atoms with Crippen LogP contribution >= 0.6 is 0 Å². The lowest BCUT2D eigenvalue weighted by Crippen LogP contribution is -2.32. The monoisotopic (exact) mass is 428 g/mol. The van der Waals surface area contributed by atoms with E-state index in [4.69, 9.17) is 4.74 Å². The number of aliphatic hydroxyl groups is 1. The molecule has 0 aliphatic carbocycles. The molecule has 0 unspecified atom stereocenters. The molecule has 0 fully saturated rings. The van der Waals surface area contributed by atoms with Crippen molar-refractivity contribution >= 4 is 16.6 Å². The first-order valence-electron chi connectivity index (χ1n) is 10.6. The number of Topliss-reactive ketones (excluding diaryl/α,β-unsaturated/α-hetero) is 1. The summed E-state index contributed by atoms with van der Waals surface area (Å²) in [6.07, 6.45) is -0.501. The molecule has 0 saturated carbocycles. The Hall–Kier alpha value is -3.77. The highest BCUT2D eigenvalue weighted by molar-refractivity contribution is 5.96. The van der Waals surface area contributed by atoms with Crippen LogP contribution in [0.4, 0.5) is 0 Å². The number of aromatic nitrogens is 2. The smallest absolute Gasteiger partial charge is 0.274 e. The standard InChI is InChI=1S/C26H24N2O4/c1-2-24(30)18-12-14-21(15-13-18)32-17-20(29)16-28-26(31)23-11-7-6-10-22(23)25(27-28)19-8-4-3-5-9-19/h3-15,20,29H,2,16-17H2,1H3/t20-/m0/s1. The predicted molar refractivity (Wildman–Crippen MR) is 124 cm³/mol. The van der Waals surface area contributed by atoms with Crippen LogP contribution in [0.5, 0.6) is 5.75 Å². The first-order valence-corrected chi connectivity index (χ1v) is 10.6. The summed E-state index contributed by atoms with van der Waals surface area (Å²) in [5, 5.41) is 16.4. The number of ether oxygens (including phenoxy) is 1. The van der Waals surface area contributed by atoms with Gasteiger partial charge in [-0.3, -0.25) is 9.59 Å². The SMILES string of the molecule is CCC(=O)c1ccc(OC[C@@H](O)Cn2nc(-c3ccccc3)c3ccccc3c2=O)cc1. The zero-order valence-electron chi connectivity index (χ0n) is 17.8. The molecule has 0 saturated heterocycles. The van der Waals surface area contributed by atoms with E-state index in [0.717, 1.165) is 10.9 Å². The summed E-state index contributed by atoms with van der Waals surface area (Å²) < 4.78 is 6.94. The number of rotatable bonds is 8. The molecule has 3 aromatic carbocycles. The summed E-state index contributed by atoms with van der Waals surface area (Å²) in [7, 11) is 0. The van der Waals surface area contributed by atoms with Gasteiger partial charge in [0, 0.05) is 22.9 Å². The van der Waals surface area contributed by atoms with Gasteiger partial charge >= 0.3 is 0 Å². The van der Waals surface area contributed by atoms with Crippen LogP contribution < -0.4 is 10.3 Å². The third-order valence-electron chi connectivity index (χ3n) is 5.24. The third-order valence-corrected chi connectivity index (χ3v) is 5.24. The topological polar surface area (TPSA) is 81.4 Å². The van der Waals surface area contributed by atoms with Gasteiger partial charge < -0.3 is 9.84 Å². The first kappa shape index (κ1) is 21.5. The van der Waals surface area contributed by atoms with Crippen molar-refractivity contribution < 1.29 is 14.6 Å². The molecule has 1 atom stereocenters. The van der Waals surface area contributed by atoms with Crippen molar-refractivity contribution in [1.82, 2.24) is 9.78 Å². The molecule has 4 aromatic rings. The fourth-order valence-electron chi connectivity index (χ4n) is 3.55. The Morgan fingerprint density at radius 1 is 0.969 bits per heavy atom. The maximum absolute atomic E-state index is 13.0. The van der Waals surface area contributed by atoms with Crippen LogP contribution in [0, 0.1) is 0 Å². The maximum atomic E-state index is 13.0. The first-order chi connectivity index (χ1) is 15.6. The van der Waals surface area contributed by atoms with Gasteiger partial charge in [0.1, 0.15) is 18.5 Å². The summed E-state index contributed by atoms with van der Waals surface area (Å²) in [6, 6.07) is 23.8. The van der Waals surface area contributed by atoms with Crippen molar-refractivity contribution in [3.05, 3.63) is 94.8 Å². The van der Waals surface area contributed by atoms with E-state index in [1.54, 1.807) is 30.3 Å². The Bertz CT molecular complexity index is 1280. The van der Waals surface area contributed by atoms with E-state index >= 15 is 0 Å². The molecule has 1 N–H and O–H groups in total. The molecule has 0 radical (unpaired) electrons. The average Bonchev–Trinajstić information content (AvgIpc) is 2.85. The van der Waals surface area contributed by atoms with Crippen LogP contribution in [-0.4, -0.2) is 33.4 Å². The largest absolute Gasteiger partial charge is 0.491 e. The van der Waals surface area contributed by atoms with Crippen LogP contribution in [0.3, 0.4) is 0 Å². The number of hydrogen-bond donors (Lipinski definition) is 1. The Morgan fingerprint density at radius 3 is 2.31 bits per heavy atom. The van der Waals surface area contributed by atoms with Gasteiger partial charge in [0.05, 0.1) is 17.6 Å². The summed E-state index contributed by atoms with van der Waals surface area (Å²) >= 11 is 0. The normalized spacial score (nSPS) is 11.9. The third kappa shape index (κ3) is 4.60. The number of carbonyl (C=O) groups excluding carboxylic acids is 1. The molecule has 6 nitrogen and oxygen atoms in total. The summed E-state index contributed by atoms with van der Waals surface area (Å²) in [5.41, 5.74) is 1.94. The van der Waals surface area contributed by atoms with Gasteiger partial charge in [-0.15, -0.1) is 0 Å². The Morgan fingerprint density at radius 2 is 1.62 bits per heavy atom. The van der Waals surface area contributed by atoms with Crippen LogP contribution in [-0.2, 0) is 6.54 Å². The van der Waals surface area contributed by atoms with E-state index < -0.39 is 6.10 Å². The lowest BCUT2D eigenvalue weighted by Gasteiger charge is -2.15.